The second-order valence-electron chi connectivity index (χ2n) is 7.71. The number of carbonyl (C=O) groups is 1. The van der Waals surface area contributed by atoms with Crippen molar-refractivity contribution >= 4 is 23.2 Å². The first-order valence-corrected chi connectivity index (χ1v) is 10.6. The Bertz CT molecular complexity index is 1230. The molecule has 0 bridgehead atoms. The molecule has 0 N–H and O–H groups in total. The van der Waals surface area contributed by atoms with Crippen LogP contribution in [-0.4, -0.2) is 46.8 Å². The van der Waals surface area contributed by atoms with E-state index in [1.54, 1.807) is 19.1 Å². The first-order chi connectivity index (χ1) is 15.6. The van der Waals surface area contributed by atoms with Gasteiger partial charge in [0.15, 0.2) is 5.69 Å². The van der Waals surface area contributed by atoms with Crippen molar-refractivity contribution in [2.75, 3.05) is 31.1 Å². The summed E-state index contributed by atoms with van der Waals surface area (Å²) in [5.41, 5.74) is -0.316. The summed E-state index contributed by atoms with van der Waals surface area (Å²) >= 11 is 5.93. The van der Waals surface area contributed by atoms with Crippen molar-refractivity contribution in [2.24, 2.45) is 0 Å². The maximum Gasteiger partial charge on any atom is 0.416 e. The van der Waals surface area contributed by atoms with Crippen molar-refractivity contribution in [3.05, 3.63) is 86.8 Å². The molecule has 0 radical (unpaired) electrons. The molecule has 3 aromatic rings. The van der Waals surface area contributed by atoms with Crippen molar-refractivity contribution < 1.29 is 18.0 Å². The van der Waals surface area contributed by atoms with E-state index in [-0.39, 0.29) is 11.4 Å². The number of piperazine rings is 1. The Morgan fingerprint density at radius 2 is 1.64 bits per heavy atom. The lowest BCUT2D eigenvalue weighted by atomic mass is 10.2. The lowest BCUT2D eigenvalue weighted by molar-refractivity contribution is -0.137. The van der Waals surface area contributed by atoms with E-state index >= 15 is 0 Å². The van der Waals surface area contributed by atoms with Crippen LogP contribution < -0.4 is 10.3 Å². The largest absolute Gasteiger partial charge is 0.416 e. The van der Waals surface area contributed by atoms with Gasteiger partial charge in [-0.15, -0.1) is 0 Å². The Hall–Kier alpha value is -3.33. The highest BCUT2D eigenvalue weighted by atomic mass is 35.5. The van der Waals surface area contributed by atoms with Crippen molar-refractivity contribution in [3.8, 4) is 5.69 Å². The molecule has 1 saturated heterocycles. The normalized spacial score (nSPS) is 14.5. The number of aryl methyl sites for hydroxylation is 1. The van der Waals surface area contributed by atoms with Crippen molar-refractivity contribution in [2.45, 2.75) is 13.1 Å². The second-order valence-corrected chi connectivity index (χ2v) is 8.15. The zero-order chi connectivity index (χ0) is 23.8. The Morgan fingerprint density at radius 3 is 2.27 bits per heavy atom. The third kappa shape index (κ3) is 4.88. The molecule has 33 heavy (non-hydrogen) atoms. The van der Waals surface area contributed by atoms with E-state index in [2.05, 4.69) is 10.00 Å². The number of nitrogens with zero attached hydrogens (tertiary/aromatic N) is 4. The summed E-state index contributed by atoms with van der Waals surface area (Å²) in [7, 11) is 0. The molecule has 0 saturated carbocycles. The molecule has 1 aliphatic heterocycles. The average molecular weight is 477 g/mol. The fourth-order valence-electron chi connectivity index (χ4n) is 3.74. The highest BCUT2D eigenvalue weighted by Gasteiger charge is 2.31. The molecule has 4 rings (SSSR count). The van der Waals surface area contributed by atoms with Crippen LogP contribution in [0.25, 0.3) is 5.69 Å². The highest BCUT2D eigenvalue weighted by Crippen LogP contribution is 2.30. The van der Waals surface area contributed by atoms with E-state index in [1.807, 2.05) is 12.1 Å². The molecule has 1 amide bonds. The Morgan fingerprint density at radius 1 is 0.970 bits per heavy atom. The van der Waals surface area contributed by atoms with Crippen LogP contribution in [0.5, 0.6) is 0 Å². The number of carbonyl (C=O) groups excluding carboxylic acids is 1. The van der Waals surface area contributed by atoms with Gasteiger partial charge < -0.3 is 9.80 Å². The Balaban J connectivity index is 1.57. The van der Waals surface area contributed by atoms with E-state index in [9.17, 15) is 22.8 Å². The number of amides is 1. The summed E-state index contributed by atoms with van der Waals surface area (Å²) in [4.78, 5) is 29.2. The van der Waals surface area contributed by atoms with Gasteiger partial charge in [-0.05, 0) is 49.4 Å². The number of aromatic nitrogens is 2. The Kier molecular flexibility index (Phi) is 6.16. The van der Waals surface area contributed by atoms with Gasteiger partial charge in [0, 0.05) is 48.6 Å². The summed E-state index contributed by atoms with van der Waals surface area (Å²) in [6, 6.07) is 13.2. The van der Waals surface area contributed by atoms with Crippen LogP contribution in [0.4, 0.5) is 18.9 Å². The molecule has 0 spiro atoms. The van der Waals surface area contributed by atoms with E-state index in [1.165, 1.54) is 27.8 Å². The average Bonchev–Trinajstić information content (AvgIpc) is 2.79. The van der Waals surface area contributed by atoms with E-state index in [4.69, 9.17) is 11.6 Å². The predicted molar refractivity (Wildman–Crippen MR) is 119 cm³/mol. The minimum Gasteiger partial charge on any atom is -0.368 e. The van der Waals surface area contributed by atoms with Gasteiger partial charge >= 0.3 is 6.18 Å². The summed E-state index contributed by atoms with van der Waals surface area (Å²) < 4.78 is 40.6. The quantitative estimate of drug-likeness (QED) is 0.569. The zero-order valence-corrected chi connectivity index (χ0v) is 18.4. The summed E-state index contributed by atoms with van der Waals surface area (Å²) in [5, 5.41) is 4.78. The van der Waals surface area contributed by atoms with Crippen LogP contribution in [0.15, 0.2) is 59.4 Å². The molecule has 1 fully saturated rings. The zero-order valence-electron chi connectivity index (χ0n) is 17.6. The highest BCUT2D eigenvalue weighted by molar-refractivity contribution is 6.30. The molecular weight excluding hydrogens is 457 g/mol. The molecule has 2 aromatic carbocycles. The third-order valence-corrected chi connectivity index (χ3v) is 5.74. The number of rotatable bonds is 3. The van der Waals surface area contributed by atoms with Crippen LogP contribution in [0.3, 0.4) is 0 Å². The molecule has 172 valence electrons. The minimum absolute atomic E-state index is 0.115. The van der Waals surface area contributed by atoms with Gasteiger partial charge in [-0.1, -0.05) is 17.7 Å². The van der Waals surface area contributed by atoms with Crippen LogP contribution >= 0.6 is 11.6 Å². The molecule has 2 heterocycles. The van der Waals surface area contributed by atoms with E-state index in [0.717, 1.165) is 17.8 Å². The number of benzene rings is 2. The van der Waals surface area contributed by atoms with Gasteiger partial charge in [-0.3, -0.25) is 9.59 Å². The fraction of sp³-hybridized carbons (Fsp3) is 0.261. The first kappa shape index (κ1) is 22.8. The summed E-state index contributed by atoms with van der Waals surface area (Å²) in [6.07, 6.45) is -4.52. The SMILES string of the molecule is Cc1cc(=O)c(C(=O)N2CCN(c3ccc(Cl)cc3)CC2)nn1-c1cccc(C(F)(F)F)c1. The maximum absolute atomic E-state index is 13.1. The van der Waals surface area contributed by atoms with Gasteiger partial charge in [0.1, 0.15) is 0 Å². The minimum atomic E-state index is -4.52. The van der Waals surface area contributed by atoms with Crippen LogP contribution in [-0.2, 0) is 6.18 Å². The van der Waals surface area contributed by atoms with Crippen molar-refractivity contribution in [1.82, 2.24) is 14.7 Å². The lowest BCUT2D eigenvalue weighted by Crippen LogP contribution is -2.50. The molecule has 0 aliphatic carbocycles. The smallest absolute Gasteiger partial charge is 0.368 e. The van der Waals surface area contributed by atoms with Gasteiger partial charge in [0.25, 0.3) is 5.91 Å². The van der Waals surface area contributed by atoms with Gasteiger partial charge in [0.05, 0.1) is 11.3 Å². The fourth-order valence-corrected chi connectivity index (χ4v) is 3.87. The number of alkyl halides is 3. The molecule has 0 unspecified atom stereocenters. The molecule has 10 heteroatoms. The predicted octanol–water partition coefficient (Wildman–Crippen LogP) is 4.18. The molecule has 6 nitrogen and oxygen atoms in total. The topological polar surface area (TPSA) is 58.4 Å². The number of hydrogen-bond donors (Lipinski definition) is 0. The van der Waals surface area contributed by atoms with Gasteiger partial charge in [-0.2, -0.15) is 18.3 Å². The first-order valence-electron chi connectivity index (χ1n) is 10.2. The number of anilines is 1. The molecule has 0 atom stereocenters. The summed E-state index contributed by atoms with van der Waals surface area (Å²) in [5.74, 6) is -0.545. The summed E-state index contributed by atoms with van der Waals surface area (Å²) in [6.45, 7) is 3.41. The molecule has 1 aromatic heterocycles. The standard InChI is InChI=1S/C23H20ClF3N4O2/c1-15-13-20(32)21(28-31(15)19-4-2-3-16(14-19)23(25,26)27)22(33)30-11-9-29(10-12-30)18-7-5-17(24)6-8-18/h2-8,13-14H,9-12H2,1H3. The second kappa shape index (κ2) is 8.90. The van der Waals surface area contributed by atoms with E-state index in [0.29, 0.717) is 36.9 Å². The van der Waals surface area contributed by atoms with Crippen molar-refractivity contribution in [1.29, 1.82) is 0 Å². The molecular formula is C23H20ClF3N4O2. The number of halogens is 4. The van der Waals surface area contributed by atoms with Gasteiger partial charge in [0.2, 0.25) is 5.43 Å². The van der Waals surface area contributed by atoms with E-state index < -0.39 is 23.1 Å². The van der Waals surface area contributed by atoms with Crippen LogP contribution in [0.1, 0.15) is 21.7 Å². The van der Waals surface area contributed by atoms with Crippen LogP contribution in [0.2, 0.25) is 5.02 Å². The molecule has 1 aliphatic rings. The maximum atomic E-state index is 13.1. The van der Waals surface area contributed by atoms with Gasteiger partial charge in [-0.25, -0.2) is 4.68 Å². The van der Waals surface area contributed by atoms with Crippen LogP contribution in [0, 0.1) is 6.92 Å². The monoisotopic (exact) mass is 476 g/mol. The Labute approximate surface area is 192 Å². The third-order valence-electron chi connectivity index (χ3n) is 5.49. The lowest BCUT2D eigenvalue weighted by Gasteiger charge is -2.36. The van der Waals surface area contributed by atoms with Crippen molar-refractivity contribution in [3.63, 3.8) is 0 Å². The number of hydrogen-bond acceptors (Lipinski definition) is 4.